The van der Waals surface area contributed by atoms with E-state index in [2.05, 4.69) is 0 Å². The molecule has 5 nitrogen and oxygen atoms in total. The molecule has 0 heterocycles. The molecule has 0 aliphatic rings. The molecule has 5 heteroatoms. The normalized spacial score (nSPS) is 10.3. The molecule has 108 valence electrons. The summed E-state index contributed by atoms with van der Waals surface area (Å²) in [5, 5.41) is 27.5. The number of aliphatic carboxylic acids is 2. The lowest BCUT2D eigenvalue weighted by atomic mass is 9.95. The van der Waals surface area contributed by atoms with Gasteiger partial charge in [-0.25, -0.2) is 0 Å². The van der Waals surface area contributed by atoms with Crippen molar-refractivity contribution in [1.82, 2.24) is 0 Å². The van der Waals surface area contributed by atoms with Gasteiger partial charge in [-0.2, -0.15) is 0 Å². The smallest absolute Gasteiger partial charge is 0.307 e. The SMILES string of the molecule is O=C(O)Cc1cc(-c2ccccc2CC(=O)O)ccc1O. The van der Waals surface area contributed by atoms with Crippen molar-refractivity contribution in [1.29, 1.82) is 0 Å². The number of aromatic hydroxyl groups is 1. The topological polar surface area (TPSA) is 94.8 Å². The third-order valence-electron chi connectivity index (χ3n) is 3.09. The zero-order valence-electron chi connectivity index (χ0n) is 11.1. The van der Waals surface area contributed by atoms with Gasteiger partial charge in [0.05, 0.1) is 12.8 Å². The molecule has 0 aliphatic carbocycles. The molecule has 2 rings (SSSR count). The molecule has 21 heavy (non-hydrogen) atoms. The largest absolute Gasteiger partial charge is 0.508 e. The Morgan fingerprint density at radius 3 is 2.14 bits per heavy atom. The zero-order valence-corrected chi connectivity index (χ0v) is 11.1. The van der Waals surface area contributed by atoms with Crippen LogP contribution in [0.1, 0.15) is 11.1 Å². The first-order chi connectivity index (χ1) is 9.97. The van der Waals surface area contributed by atoms with Crippen molar-refractivity contribution in [3.63, 3.8) is 0 Å². The van der Waals surface area contributed by atoms with Crippen LogP contribution in [0.15, 0.2) is 42.5 Å². The Balaban J connectivity index is 2.47. The molecule has 0 aliphatic heterocycles. The van der Waals surface area contributed by atoms with Crippen LogP contribution < -0.4 is 0 Å². The zero-order chi connectivity index (χ0) is 15.4. The van der Waals surface area contributed by atoms with Crippen LogP contribution >= 0.6 is 0 Å². The van der Waals surface area contributed by atoms with Crippen LogP contribution in [0.3, 0.4) is 0 Å². The van der Waals surface area contributed by atoms with E-state index in [1.54, 1.807) is 36.4 Å². The maximum absolute atomic E-state index is 10.9. The maximum Gasteiger partial charge on any atom is 0.307 e. The Morgan fingerprint density at radius 1 is 0.857 bits per heavy atom. The van der Waals surface area contributed by atoms with Crippen LogP contribution in [-0.2, 0) is 22.4 Å². The minimum atomic E-state index is -1.04. The second kappa shape index (κ2) is 6.09. The third kappa shape index (κ3) is 3.60. The van der Waals surface area contributed by atoms with Gasteiger partial charge in [-0.1, -0.05) is 30.3 Å². The van der Waals surface area contributed by atoms with Crippen molar-refractivity contribution >= 4 is 11.9 Å². The molecule has 0 saturated carbocycles. The first kappa shape index (κ1) is 14.6. The van der Waals surface area contributed by atoms with E-state index in [1.165, 1.54) is 6.07 Å². The Hall–Kier alpha value is -2.82. The highest BCUT2D eigenvalue weighted by Crippen LogP contribution is 2.29. The number of carboxylic acid groups (broad SMARTS) is 2. The van der Waals surface area contributed by atoms with Gasteiger partial charge >= 0.3 is 11.9 Å². The highest BCUT2D eigenvalue weighted by atomic mass is 16.4. The van der Waals surface area contributed by atoms with Gasteiger partial charge in [0.1, 0.15) is 5.75 Å². The van der Waals surface area contributed by atoms with Gasteiger partial charge in [0.2, 0.25) is 0 Å². The van der Waals surface area contributed by atoms with E-state index in [0.29, 0.717) is 22.3 Å². The summed E-state index contributed by atoms with van der Waals surface area (Å²) >= 11 is 0. The van der Waals surface area contributed by atoms with Crippen LogP contribution in [0.25, 0.3) is 11.1 Å². The molecule has 0 saturated heterocycles. The van der Waals surface area contributed by atoms with Gasteiger partial charge in [0.15, 0.2) is 0 Å². The van der Waals surface area contributed by atoms with Crippen molar-refractivity contribution < 1.29 is 24.9 Å². The van der Waals surface area contributed by atoms with E-state index < -0.39 is 11.9 Å². The lowest BCUT2D eigenvalue weighted by Gasteiger charge is -2.10. The summed E-state index contributed by atoms with van der Waals surface area (Å²) in [4.78, 5) is 21.7. The molecule has 0 bridgehead atoms. The second-order valence-corrected chi connectivity index (χ2v) is 4.64. The molecule has 3 N–H and O–H groups in total. The number of carboxylic acids is 2. The van der Waals surface area contributed by atoms with Crippen LogP contribution in [-0.4, -0.2) is 27.3 Å². The molecule has 0 atom stereocenters. The minimum Gasteiger partial charge on any atom is -0.508 e. The van der Waals surface area contributed by atoms with Gasteiger partial charge in [-0.3, -0.25) is 9.59 Å². The van der Waals surface area contributed by atoms with Crippen molar-refractivity contribution in [2.24, 2.45) is 0 Å². The lowest BCUT2D eigenvalue weighted by molar-refractivity contribution is -0.137. The quantitative estimate of drug-likeness (QED) is 0.784. The summed E-state index contributed by atoms with van der Waals surface area (Å²) in [6, 6.07) is 11.7. The van der Waals surface area contributed by atoms with Gasteiger partial charge in [0, 0.05) is 5.56 Å². The van der Waals surface area contributed by atoms with E-state index in [9.17, 15) is 14.7 Å². The predicted octanol–water partition coefficient (Wildman–Crippen LogP) is 2.31. The van der Waals surface area contributed by atoms with E-state index in [1.807, 2.05) is 0 Å². The summed E-state index contributed by atoms with van der Waals surface area (Å²) in [7, 11) is 0. The fraction of sp³-hybridized carbons (Fsp3) is 0.125. The summed E-state index contributed by atoms with van der Waals surface area (Å²) in [6.45, 7) is 0. The van der Waals surface area contributed by atoms with E-state index in [0.717, 1.165) is 0 Å². The third-order valence-corrected chi connectivity index (χ3v) is 3.09. The summed E-state index contributed by atoms with van der Waals surface area (Å²) in [6.07, 6.45) is -0.411. The monoisotopic (exact) mass is 286 g/mol. The number of rotatable bonds is 5. The van der Waals surface area contributed by atoms with E-state index >= 15 is 0 Å². The number of benzene rings is 2. The van der Waals surface area contributed by atoms with Crippen LogP contribution in [0.4, 0.5) is 0 Å². The van der Waals surface area contributed by atoms with Crippen LogP contribution in [0.5, 0.6) is 5.75 Å². The molecule has 0 fully saturated rings. The minimum absolute atomic E-state index is 0.0862. The van der Waals surface area contributed by atoms with E-state index in [4.69, 9.17) is 10.2 Å². The van der Waals surface area contributed by atoms with Crippen molar-refractivity contribution in [2.45, 2.75) is 12.8 Å². The Morgan fingerprint density at radius 2 is 1.48 bits per heavy atom. The van der Waals surface area contributed by atoms with Crippen molar-refractivity contribution in [3.05, 3.63) is 53.6 Å². The van der Waals surface area contributed by atoms with Gasteiger partial charge in [-0.05, 0) is 28.8 Å². The summed E-state index contributed by atoms with van der Waals surface area (Å²) in [5.74, 6) is -2.06. The second-order valence-electron chi connectivity index (χ2n) is 4.64. The molecule has 2 aromatic carbocycles. The first-order valence-electron chi connectivity index (χ1n) is 6.31. The van der Waals surface area contributed by atoms with Gasteiger partial charge in [-0.15, -0.1) is 0 Å². The molecule has 2 aromatic rings. The predicted molar refractivity (Wildman–Crippen MR) is 76.2 cm³/mol. The van der Waals surface area contributed by atoms with Gasteiger partial charge in [0.25, 0.3) is 0 Å². The number of phenolic OH excluding ortho intramolecular Hbond substituents is 1. The van der Waals surface area contributed by atoms with Gasteiger partial charge < -0.3 is 15.3 Å². The summed E-state index contributed by atoms with van der Waals surface area (Å²) < 4.78 is 0. The maximum atomic E-state index is 10.9. The Kier molecular flexibility index (Phi) is 4.23. The van der Waals surface area contributed by atoms with E-state index in [-0.39, 0.29) is 18.6 Å². The molecule has 0 aromatic heterocycles. The Bertz CT molecular complexity index is 691. The lowest BCUT2D eigenvalue weighted by Crippen LogP contribution is -2.03. The summed E-state index contributed by atoms with van der Waals surface area (Å²) in [5.41, 5.74) is 2.33. The first-order valence-corrected chi connectivity index (χ1v) is 6.31. The number of hydrogen-bond acceptors (Lipinski definition) is 3. The highest BCUT2D eigenvalue weighted by Gasteiger charge is 2.12. The average molecular weight is 286 g/mol. The molecular weight excluding hydrogens is 272 g/mol. The molecule has 0 unspecified atom stereocenters. The van der Waals surface area contributed by atoms with Crippen molar-refractivity contribution in [2.75, 3.05) is 0 Å². The molecule has 0 radical (unpaired) electrons. The molecular formula is C16H14O5. The molecule has 0 amide bonds. The fourth-order valence-corrected chi connectivity index (χ4v) is 2.18. The number of phenols is 1. The number of carbonyl (C=O) groups is 2. The highest BCUT2D eigenvalue weighted by molar-refractivity contribution is 5.78. The van der Waals surface area contributed by atoms with Crippen LogP contribution in [0, 0.1) is 0 Å². The standard InChI is InChI=1S/C16H14O5/c17-14-6-5-11(7-12(14)9-16(20)21)13-4-2-1-3-10(13)8-15(18)19/h1-7,17H,8-9H2,(H,18,19)(H,20,21). The van der Waals surface area contributed by atoms with Crippen molar-refractivity contribution in [3.8, 4) is 16.9 Å². The molecule has 0 spiro atoms. The van der Waals surface area contributed by atoms with Crippen LogP contribution in [0.2, 0.25) is 0 Å². The Labute approximate surface area is 121 Å². The average Bonchev–Trinajstić information content (AvgIpc) is 2.41. The fourth-order valence-electron chi connectivity index (χ4n) is 2.18. The number of hydrogen-bond donors (Lipinski definition) is 3.